The summed E-state index contributed by atoms with van der Waals surface area (Å²) >= 11 is 0. The van der Waals surface area contributed by atoms with E-state index in [-0.39, 0.29) is 17.1 Å². The molecule has 114 valence electrons. The number of hydroxylamine groups is 1. The van der Waals surface area contributed by atoms with Crippen molar-refractivity contribution in [1.29, 1.82) is 0 Å². The molecule has 0 heterocycles. The van der Waals surface area contributed by atoms with Gasteiger partial charge in [-0.1, -0.05) is 44.0 Å². The fourth-order valence-electron chi connectivity index (χ4n) is 3.08. The van der Waals surface area contributed by atoms with E-state index in [2.05, 4.69) is 6.92 Å². The van der Waals surface area contributed by atoms with Crippen molar-refractivity contribution < 1.29 is 14.8 Å². The number of carbonyl (C=O) groups excluding carboxylic acids is 2. The van der Waals surface area contributed by atoms with Crippen molar-refractivity contribution in [2.45, 2.75) is 51.9 Å². The summed E-state index contributed by atoms with van der Waals surface area (Å²) in [6.07, 6.45) is 5.64. The number of fused-ring (bicyclic) bond motifs is 1. The molecule has 0 fully saturated rings. The number of ketones is 1. The zero-order chi connectivity index (χ0) is 15.3. The zero-order valence-corrected chi connectivity index (χ0v) is 12.5. The fourth-order valence-corrected chi connectivity index (χ4v) is 3.08. The van der Waals surface area contributed by atoms with Gasteiger partial charge in [0, 0.05) is 17.4 Å². The molecule has 21 heavy (non-hydrogen) atoms. The van der Waals surface area contributed by atoms with Gasteiger partial charge in [0.15, 0.2) is 5.78 Å². The van der Waals surface area contributed by atoms with E-state index in [9.17, 15) is 9.59 Å². The molecule has 1 amide bonds. The molecule has 1 aromatic rings. The molecule has 1 aromatic carbocycles. The van der Waals surface area contributed by atoms with Gasteiger partial charge in [0.2, 0.25) is 5.91 Å². The van der Waals surface area contributed by atoms with Crippen LogP contribution in [0.2, 0.25) is 0 Å². The van der Waals surface area contributed by atoms with Crippen molar-refractivity contribution in [3.8, 4) is 0 Å². The van der Waals surface area contributed by atoms with E-state index < -0.39 is 0 Å². The normalized spacial score (nSPS) is 21.0. The fraction of sp³-hybridized carbons (Fsp3) is 0.529. The molecule has 0 saturated carbocycles. The van der Waals surface area contributed by atoms with Gasteiger partial charge in [-0.05, 0) is 31.2 Å². The van der Waals surface area contributed by atoms with Crippen LogP contribution in [0, 0.1) is 5.41 Å². The third kappa shape index (κ3) is 3.70. The molecule has 1 unspecified atom stereocenters. The largest absolute Gasteiger partial charge is 0.294 e. The lowest BCUT2D eigenvalue weighted by Gasteiger charge is -2.33. The highest BCUT2D eigenvalue weighted by atomic mass is 16.5. The molecule has 2 N–H and O–H groups in total. The van der Waals surface area contributed by atoms with Gasteiger partial charge in [-0.2, -0.15) is 0 Å². The minimum atomic E-state index is -0.344. The van der Waals surface area contributed by atoms with Crippen molar-refractivity contribution in [2.75, 3.05) is 0 Å². The molecule has 2 rings (SSSR count). The van der Waals surface area contributed by atoms with Crippen LogP contribution in [0.3, 0.4) is 0 Å². The van der Waals surface area contributed by atoms with Crippen LogP contribution in [-0.4, -0.2) is 16.9 Å². The van der Waals surface area contributed by atoms with Gasteiger partial charge in [-0.15, -0.1) is 0 Å². The molecule has 4 heteroatoms. The highest BCUT2D eigenvalue weighted by molar-refractivity contribution is 6.02. The van der Waals surface area contributed by atoms with E-state index in [1.165, 1.54) is 5.56 Å². The first kappa shape index (κ1) is 15.7. The third-order valence-electron chi connectivity index (χ3n) is 4.51. The van der Waals surface area contributed by atoms with Crippen LogP contribution in [0.5, 0.6) is 0 Å². The third-order valence-corrected chi connectivity index (χ3v) is 4.51. The molecule has 0 spiro atoms. The summed E-state index contributed by atoms with van der Waals surface area (Å²) < 4.78 is 0. The number of Topliss-reactive ketones (excluding diaryl/α,β-unsaturated/α-hetero) is 1. The number of nitrogens with one attached hydrogen (secondary N) is 1. The second-order valence-electron chi connectivity index (χ2n) is 6.14. The highest BCUT2D eigenvalue weighted by Gasteiger charge is 2.37. The average Bonchev–Trinajstić information content (AvgIpc) is 2.51. The second-order valence-corrected chi connectivity index (χ2v) is 6.14. The average molecular weight is 289 g/mol. The molecule has 4 nitrogen and oxygen atoms in total. The Morgan fingerprint density at radius 1 is 1.29 bits per heavy atom. The van der Waals surface area contributed by atoms with Crippen LogP contribution in [0.1, 0.15) is 61.4 Å². The summed E-state index contributed by atoms with van der Waals surface area (Å²) in [6.45, 7) is 2.06. The number of hydrogen-bond donors (Lipinski definition) is 2. The molecule has 0 aliphatic heterocycles. The first-order valence-corrected chi connectivity index (χ1v) is 7.62. The zero-order valence-electron chi connectivity index (χ0n) is 12.5. The quantitative estimate of drug-likeness (QED) is 0.480. The van der Waals surface area contributed by atoms with Crippen molar-refractivity contribution in [3.63, 3.8) is 0 Å². The Balaban J connectivity index is 1.86. The Bertz CT molecular complexity index is 527. The highest BCUT2D eigenvalue weighted by Crippen LogP contribution is 2.39. The van der Waals surface area contributed by atoms with E-state index in [1.54, 1.807) is 5.48 Å². The molecule has 0 bridgehead atoms. The summed E-state index contributed by atoms with van der Waals surface area (Å²) in [5.41, 5.74) is 3.41. The summed E-state index contributed by atoms with van der Waals surface area (Å²) in [5.74, 6) is -0.0821. The van der Waals surface area contributed by atoms with Crippen LogP contribution in [0.4, 0.5) is 0 Å². The van der Waals surface area contributed by atoms with Gasteiger partial charge in [0.1, 0.15) is 0 Å². The smallest absolute Gasteiger partial charge is 0.243 e. The predicted octanol–water partition coefficient (Wildman–Crippen LogP) is 3.28. The molecule has 0 radical (unpaired) electrons. The first-order valence-electron chi connectivity index (χ1n) is 7.62. The number of unbranched alkanes of at least 4 members (excludes halogenated alkanes) is 2. The van der Waals surface area contributed by atoms with Crippen LogP contribution in [-0.2, 0) is 11.2 Å². The molecule has 1 atom stereocenters. The Labute approximate surface area is 125 Å². The van der Waals surface area contributed by atoms with Crippen molar-refractivity contribution in [1.82, 2.24) is 5.48 Å². The number of aryl methyl sites for hydroxylation is 1. The van der Waals surface area contributed by atoms with Gasteiger partial charge in [-0.3, -0.25) is 14.8 Å². The van der Waals surface area contributed by atoms with Gasteiger partial charge in [-0.25, -0.2) is 5.48 Å². The second kappa shape index (κ2) is 6.85. The molecular weight excluding hydrogens is 266 g/mol. The van der Waals surface area contributed by atoms with Crippen molar-refractivity contribution in [3.05, 3.63) is 35.4 Å². The molecule has 0 aromatic heterocycles. The van der Waals surface area contributed by atoms with E-state index >= 15 is 0 Å². The summed E-state index contributed by atoms with van der Waals surface area (Å²) in [7, 11) is 0. The van der Waals surface area contributed by atoms with Crippen LogP contribution in [0.15, 0.2) is 24.3 Å². The van der Waals surface area contributed by atoms with Crippen LogP contribution < -0.4 is 5.48 Å². The van der Waals surface area contributed by atoms with Gasteiger partial charge >= 0.3 is 0 Å². The van der Waals surface area contributed by atoms with E-state index in [1.807, 2.05) is 24.3 Å². The lowest BCUT2D eigenvalue weighted by molar-refractivity contribution is -0.129. The number of amides is 1. The maximum absolute atomic E-state index is 12.7. The SMILES string of the molecule is CC1(CCCCCC(=O)NO)CCc2ccccc2C1=O. The minimum Gasteiger partial charge on any atom is -0.294 e. The van der Waals surface area contributed by atoms with Crippen molar-refractivity contribution in [2.24, 2.45) is 5.41 Å². The van der Waals surface area contributed by atoms with Gasteiger partial charge < -0.3 is 0 Å². The molecule has 1 aliphatic carbocycles. The predicted molar refractivity (Wildman–Crippen MR) is 80.2 cm³/mol. The Kier molecular flexibility index (Phi) is 5.12. The van der Waals surface area contributed by atoms with E-state index in [4.69, 9.17) is 5.21 Å². The summed E-state index contributed by atoms with van der Waals surface area (Å²) in [6, 6.07) is 7.89. The molecule has 1 aliphatic rings. The maximum atomic E-state index is 12.7. The van der Waals surface area contributed by atoms with Crippen LogP contribution in [0.25, 0.3) is 0 Å². The van der Waals surface area contributed by atoms with E-state index in [0.29, 0.717) is 6.42 Å². The Morgan fingerprint density at radius 2 is 2.05 bits per heavy atom. The van der Waals surface area contributed by atoms with Crippen LogP contribution >= 0.6 is 0 Å². The summed E-state index contributed by atoms with van der Waals surface area (Å²) in [5, 5.41) is 8.42. The number of benzene rings is 1. The Morgan fingerprint density at radius 3 is 2.81 bits per heavy atom. The topological polar surface area (TPSA) is 66.4 Å². The van der Waals surface area contributed by atoms with Gasteiger partial charge in [0.25, 0.3) is 0 Å². The molecule has 0 saturated heterocycles. The summed E-state index contributed by atoms with van der Waals surface area (Å²) in [4.78, 5) is 23.6. The van der Waals surface area contributed by atoms with E-state index in [0.717, 1.165) is 44.1 Å². The Hall–Kier alpha value is -1.68. The van der Waals surface area contributed by atoms with Crippen molar-refractivity contribution >= 4 is 11.7 Å². The van der Waals surface area contributed by atoms with Gasteiger partial charge in [0.05, 0.1) is 0 Å². The lowest BCUT2D eigenvalue weighted by Crippen LogP contribution is -2.33. The number of rotatable bonds is 6. The lowest BCUT2D eigenvalue weighted by atomic mass is 9.69. The maximum Gasteiger partial charge on any atom is 0.243 e. The minimum absolute atomic E-state index is 0.262. The standard InChI is InChI=1S/C17H23NO3/c1-17(11-6-2-3-9-15(19)18-21)12-10-13-7-4-5-8-14(13)16(17)20/h4-5,7-8,21H,2-3,6,9-12H2,1H3,(H,18,19). The number of hydrogen-bond acceptors (Lipinski definition) is 3. The first-order chi connectivity index (χ1) is 10.1. The molecular formula is C17H23NO3. The number of carbonyl (C=O) groups is 2. The monoisotopic (exact) mass is 289 g/mol.